The highest BCUT2D eigenvalue weighted by Crippen LogP contribution is 2.34. The maximum absolute atomic E-state index is 9.36. The van der Waals surface area contributed by atoms with E-state index >= 15 is 0 Å². The van der Waals surface area contributed by atoms with E-state index in [1.165, 1.54) is 12.8 Å². The summed E-state index contributed by atoms with van der Waals surface area (Å²) in [5, 5.41) is 25.3. The molecule has 2 aliphatic carbocycles. The van der Waals surface area contributed by atoms with Crippen LogP contribution >= 0.6 is 0 Å². The Balaban J connectivity index is 0.000000111. The maximum Gasteiger partial charge on any atom is 0.0583 e. The van der Waals surface area contributed by atoms with Gasteiger partial charge in [0.25, 0.3) is 0 Å². The minimum atomic E-state index is 0.00463. The Morgan fingerprint density at radius 1 is 0.611 bits per heavy atom. The second kappa shape index (κ2) is 5.45. The fourth-order valence-electron chi connectivity index (χ4n) is 4.24. The molecule has 6 atom stereocenters. The Bertz CT molecular complexity index is 259. The van der Waals surface area contributed by atoms with Crippen LogP contribution in [0.3, 0.4) is 0 Å². The Morgan fingerprint density at radius 3 is 1.44 bits per heavy atom. The molecule has 0 aromatic heterocycles. The van der Waals surface area contributed by atoms with Gasteiger partial charge in [0.05, 0.1) is 12.2 Å². The van der Waals surface area contributed by atoms with Crippen LogP contribution in [0.2, 0.25) is 0 Å². The molecule has 0 radical (unpaired) electrons. The van der Waals surface area contributed by atoms with E-state index in [1.807, 2.05) is 0 Å². The predicted octanol–water partition coefficient (Wildman–Crippen LogP) is -0.0466. The molecule has 4 nitrogen and oxygen atoms in total. The van der Waals surface area contributed by atoms with Crippen molar-refractivity contribution in [3.63, 3.8) is 0 Å². The average Bonchev–Trinajstić information content (AvgIpc) is 3.06. The van der Waals surface area contributed by atoms with Gasteiger partial charge in [-0.1, -0.05) is 0 Å². The molecule has 0 aromatic carbocycles. The standard InChI is InChI=1S/2C7H13NO/c2*9-7-2-1-5-3-8-4-6(5)7/h2*5-9H,1-4H2/t2*5-,6+,7-/m10/s1. The van der Waals surface area contributed by atoms with Gasteiger partial charge in [0.15, 0.2) is 0 Å². The second-order valence-corrected chi connectivity index (χ2v) is 6.45. The lowest BCUT2D eigenvalue weighted by Gasteiger charge is -2.09. The summed E-state index contributed by atoms with van der Waals surface area (Å²) in [6.45, 7) is 4.38. The number of nitrogens with one attached hydrogen (secondary N) is 2. The van der Waals surface area contributed by atoms with Gasteiger partial charge < -0.3 is 20.8 Å². The van der Waals surface area contributed by atoms with Gasteiger partial charge in [-0.15, -0.1) is 0 Å². The summed E-state index contributed by atoms with van der Waals surface area (Å²) >= 11 is 0. The van der Waals surface area contributed by atoms with Crippen molar-refractivity contribution in [2.45, 2.75) is 37.9 Å². The Hall–Kier alpha value is -0.160. The maximum atomic E-state index is 9.36. The molecule has 0 unspecified atom stereocenters. The van der Waals surface area contributed by atoms with Crippen molar-refractivity contribution in [3.05, 3.63) is 0 Å². The first-order valence-electron chi connectivity index (χ1n) is 7.53. The molecule has 4 aliphatic rings. The fourth-order valence-corrected chi connectivity index (χ4v) is 4.24. The normalized spacial score (nSPS) is 49.7. The highest BCUT2D eigenvalue weighted by atomic mass is 16.3. The van der Waals surface area contributed by atoms with Crippen molar-refractivity contribution in [2.24, 2.45) is 23.7 Å². The van der Waals surface area contributed by atoms with E-state index in [1.54, 1.807) is 0 Å². The third-order valence-electron chi connectivity index (χ3n) is 5.44. The minimum Gasteiger partial charge on any atom is -0.393 e. The molecule has 18 heavy (non-hydrogen) atoms. The average molecular weight is 254 g/mol. The molecule has 4 N–H and O–H groups in total. The van der Waals surface area contributed by atoms with E-state index in [2.05, 4.69) is 10.6 Å². The van der Waals surface area contributed by atoms with E-state index in [0.717, 1.165) is 50.9 Å². The summed E-state index contributed by atoms with van der Waals surface area (Å²) in [6, 6.07) is 0. The smallest absolute Gasteiger partial charge is 0.0583 e. The molecule has 4 fully saturated rings. The van der Waals surface area contributed by atoms with Crippen LogP contribution < -0.4 is 10.6 Å². The lowest BCUT2D eigenvalue weighted by atomic mass is 10.00. The zero-order chi connectivity index (χ0) is 12.5. The van der Waals surface area contributed by atoms with Crippen molar-refractivity contribution < 1.29 is 10.2 Å². The predicted molar refractivity (Wildman–Crippen MR) is 70.2 cm³/mol. The third-order valence-corrected chi connectivity index (χ3v) is 5.44. The van der Waals surface area contributed by atoms with Crippen LogP contribution in [0.1, 0.15) is 25.7 Å². The summed E-state index contributed by atoms with van der Waals surface area (Å²) in [7, 11) is 0. The minimum absolute atomic E-state index is 0.00463. The SMILES string of the molecule is O[C@@H]1CC[C@@H]2CNC[C@@H]21.O[C@H]1CC[C@H]2CNC[C@H]21. The van der Waals surface area contributed by atoms with Gasteiger partial charge in [-0.05, 0) is 50.6 Å². The van der Waals surface area contributed by atoms with Crippen LogP contribution in [0.15, 0.2) is 0 Å². The summed E-state index contributed by atoms with van der Waals surface area (Å²) in [4.78, 5) is 0. The zero-order valence-corrected chi connectivity index (χ0v) is 11.0. The first kappa shape index (κ1) is 12.9. The van der Waals surface area contributed by atoms with Gasteiger partial charge in [0.1, 0.15) is 0 Å². The number of rotatable bonds is 0. The van der Waals surface area contributed by atoms with Gasteiger partial charge in [-0.25, -0.2) is 0 Å². The quantitative estimate of drug-likeness (QED) is 0.489. The monoisotopic (exact) mass is 254 g/mol. The molecule has 0 spiro atoms. The molecule has 0 amide bonds. The van der Waals surface area contributed by atoms with E-state index < -0.39 is 0 Å². The third kappa shape index (κ3) is 2.44. The summed E-state index contributed by atoms with van der Waals surface area (Å²) in [5.41, 5.74) is 0. The van der Waals surface area contributed by atoms with E-state index in [4.69, 9.17) is 0 Å². The molecule has 0 aromatic rings. The fraction of sp³-hybridized carbons (Fsp3) is 1.00. The van der Waals surface area contributed by atoms with E-state index in [9.17, 15) is 10.2 Å². The largest absolute Gasteiger partial charge is 0.393 e. The van der Waals surface area contributed by atoms with Gasteiger partial charge in [0, 0.05) is 24.9 Å². The van der Waals surface area contributed by atoms with Gasteiger partial charge in [0.2, 0.25) is 0 Å². The van der Waals surface area contributed by atoms with E-state index in [-0.39, 0.29) is 12.2 Å². The molecule has 4 rings (SSSR count). The number of fused-ring (bicyclic) bond motifs is 2. The molecule has 0 bridgehead atoms. The Kier molecular flexibility index (Phi) is 3.89. The first-order valence-corrected chi connectivity index (χ1v) is 7.53. The summed E-state index contributed by atoms with van der Waals surface area (Å²) in [5.74, 6) is 2.76. The Morgan fingerprint density at radius 2 is 1.06 bits per heavy atom. The van der Waals surface area contributed by atoms with Crippen LogP contribution in [0.5, 0.6) is 0 Å². The molecule has 2 heterocycles. The second-order valence-electron chi connectivity index (χ2n) is 6.45. The molecular formula is C14H26N2O2. The van der Waals surface area contributed by atoms with Crippen molar-refractivity contribution in [1.82, 2.24) is 10.6 Å². The van der Waals surface area contributed by atoms with Gasteiger partial charge >= 0.3 is 0 Å². The van der Waals surface area contributed by atoms with Crippen LogP contribution in [0.25, 0.3) is 0 Å². The lowest BCUT2D eigenvalue weighted by Crippen LogP contribution is -2.19. The molecule has 2 aliphatic heterocycles. The number of aliphatic hydroxyl groups excluding tert-OH is 2. The molecule has 4 heteroatoms. The molecule has 2 saturated carbocycles. The van der Waals surface area contributed by atoms with Crippen LogP contribution in [0.4, 0.5) is 0 Å². The first-order chi connectivity index (χ1) is 8.75. The van der Waals surface area contributed by atoms with Crippen molar-refractivity contribution in [3.8, 4) is 0 Å². The topological polar surface area (TPSA) is 64.5 Å². The number of hydrogen-bond acceptors (Lipinski definition) is 4. The van der Waals surface area contributed by atoms with Gasteiger partial charge in [-0.2, -0.15) is 0 Å². The van der Waals surface area contributed by atoms with Crippen LogP contribution in [-0.4, -0.2) is 48.6 Å². The lowest BCUT2D eigenvalue weighted by molar-refractivity contribution is 0.132. The zero-order valence-electron chi connectivity index (χ0n) is 11.0. The van der Waals surface area contributed by atoms with E-state index in [0.29, 0.717) is 11.8 Å². The number of aliphatic hydroxyl groups is 2. The summed E-state index contributed by atoms with van der Waals surface area (Å²) < 4.78 is 0. The summed E-state index contributed by atoms with van der Waals surface area (Å²) in [6.07, 6.45) is 4.56. The van der Waals surface area contributed by atoms with Crippen LogP contribution in [0, 0.1) is 23.7 Å². The molecular weight excluding hydrogens is 228 g/mol. The Labute approximate surface area is 109 Å². The van der Waals surface area contributed by atoms with Crippen molar-refractivity contribution in [2.75, 3.05) is 26.2 Å². The molecule has 104 valence electrons. The highest BCUT2D eigenvalue weighted by molar-refractivity contribution is 4.92. The van der Waals surface area contributed by atoms with Gasteiger partial charge in [-0.3, -0.25) is 0 Å². The van der Waals surface area contributed by atoms with Crippen molar-refractivity contribution >= 4 is 0 Å². The van der Waals surface area contributed by atoms with Crippen LogP contribution in [-0.2, 0) is 0 Å². The number of hydrogen-bond donors (Lipinski definition) is 4. The van der Waals surface area contributed by atoms with Crippen molar-refractivity contribution in [1.29, 1.82) is 0 Å². The highest BCUT2D eigenvalue weighted by Gasteiger charge is 2.38. The molecule has 2 saturated heterocycles.